The number of hydrogen-bond acceptors (Lipinski definition) is 3. The zero-order chi connectivity index (χ0) is 10.8. The smallest absolute Gasteiger partial charge is 0.323 e. The third-order valence-electron chi connectivity index (χ3n) is 2.86. The Balaban J connectivity index is 2.99. The Morgan fingerprint density at radius 1 is 1.57 bits per heavy atom. The van der Waals surface area contributed by atoms with Crippen molar-refractivity contribution in [2.45, 2.75) is 33.1 Å². The zero-order valence-electron chi connectivity index (χ0n) is 8.76. The second-order valence-corrected chi connectivity index (χ2v) is 3.64. The molecular formula is C11H16O3. The average molecular weight is 196 g/mol. The molecule has 0 saturated heterocycles. The fourth-order valence-corrected chi connectivity index (χ4v) is 2.03. The lowest BCUT2D eigenvalue weighted by molar-refractivity contribution is -0.156. The maximum atomic E-state index is 11.7. The third-order valence-corrected chi connectivity index (χ3v) is 2.86. The van der Waals surface area contributed by atoms with Crippen LogP contribution in [0, 0.1) is 5.41 Å². The summed E-state index contributed by atoms with van der Waals surface area (Å²) in [4.78, 5) is 23.2. The van der Waals surface area contributed by atoms with E-state index >= 15 is 0 Å². The summed E-state index contributed by atoms with van der Waals surface area (Å²) in [5, 5.41) is 0. The fourth-order valence-electron chi connectivity index (χ4n) is 2.03. The van der Waals surface area contributed by atoms with E-state index < -0.39 is 11.4 Å². The van der Waals surface area contributed by atoms with Crippen molar-refractivity contribution >= 4 is 11.8 Å². The molecule has 14 heavy (non-hydrogen) atoms. The van der Waals surface area contributed by atoms with Crippen LogP contribution in [0.25, 0.3) is 0 Å². The monoisotopic (exact) mass is 196 g/mol. The topological polar surface area (TPSA) is 43.4 Å². The SMILES string of the molecule is C=C1CCC[C@@]1(C(C)=O)C(=O)OCC. The second kappa shape index (κ2) is 3.95. The molecule has 0 amide bonds. The molecule has 1 aliphatic carbocycles. The molecule has 0 aromatic heterocycles. The molecule has 0 N–H and O–H groups in total. The van der Waals surface area contributed by atoms with E-state index in [2.05, 4.69) is 6.58 Å². The summed E-state index contributed by atoms with van der Waals surface area (Å²) in [6.07, 6.45) is 2.15. The van der Waals surface area contributed by atoms with Gasteiger partial charge < -0.3 is 4.74 Å². The van der Waals surface area contributed by atoms with E-state index in [0.29, 0.717) is 18.6 Å². The van der Waals surface area contributed by atoms with Crippen LogP contribution in [0.5, 0.6) is 0 Å². The normalized spacial score (nSPS) is 26.3. The molecule has 0 spiro atoms. The molecule has 3 heteroatoms. The predicted octanol–water partition coefficient (Wildman–Crippen LogP) is 1.86. The first kappa shape index (κ1) is 11.0. The van der Waals surface area contributed by atoms with Crippen molar-refractivity contribution < 1.29 is 14.3 Å². The van der Waals surface area contributed by atoms with Crippen molar-refractivity contribution in [1.82, 2.24) is 0 Å². The molecule has 78 valence electrons. The summed E-state index contributed by atoms with van der Waals surface area (Å²) in [5.41, 5.74) is -0.320. The van der Waals surface area contributed by atoms with E-state index in [0.717, 1.165) is 12.8 Å². The van der Waals surface area contributed by atoms with E-state index in [-0.39, 0.29) is 5.78 Å². The number of carbonyl (C=O) groups is 2. The van der Waals surface area contributed by atoms with Crippen molar-refractivity contribution in [2.75, 3.05) is 6.61 Å². The van der Waals surface area contributed by atoms with Crippen LogP contribution < -0.4 is 0 Å². The Labute approximate surface area is 84.1 Å². The molecular weight excluding hydrogens is 180 g/mol. The highest BCUT2D eigenvalue weighted by Crippen LogP contribution is 2.43. The number of ketones is 1. The van der Waals surface area contributed by atoms with E-state index in [4.69, 9.17) is 4.74 Å². The first-order chi connectivity index (χ1) is 6.55. The molecule has 0 heterocycles. The van der Waals surface area contributed by atoms with Gasteiger partial charge in [-0.1, -0.05) is 12.2 Å². The Morgan fingerprint density at radius 2 is 2.21 bits per heavy atom. The predicted molar refractivity (Wildman–Crippen MR) is 52.7 cm³/mol. The highest BCUT2D eigenvalue weighted by Gasteiger charge is 2.49. The second-order valence-electron chi connectivity index (χ2n) is 3.64. The number of carbonyl (C=O) groups excluding carboxylic acids is 2. The maximum Gasteiger partial charge on any atom is 0.323 e. The molecule has 1 rings (SSSR count). The van der Waals surface area contributed by atoms with Crippen LogP contribution in [0.15, 0.2) is 12.2 Å². The number of ether oxygens (including phenoxy) is 1. The molecule has 0 bridgehead atoms. The zero-order valence-corrected chi connectivity index (χ0v) is 8.76. The summed E-state index contributed by atoms with van der Waals surface area (Å²) < 4.78 is 4.94. The summed E-state index contributed by atoms with van der Waals surface area (Å²) >= 11 is 0. The van der Waals surface area contributed by atoms with Gasteiger partial charge in [0.1, 0.15) is 5.41 Å². The molecule has 1 atom stereocenters. The van der Waals surface area contributed by atoms with Crippen molar-refractivity contribution in [3.05, 3.63) is 12.2 Å². The first-order valence-electron chi connectivity index (χ1n) is 4.92. The molecule has 3 nitrogen and oxygen atoms in total. The summed E-state index contributed by atoms with van der Waals surface area (Å²) in [7, 11) is 0. The van der Waals surface area contributed by atoms with Crippen molar-refractivity contribution in [3.63, 3.8) is 0 Å². The molecule has 0 radical (unpaired) electrons. The van der Waals surface area contributed by atoms with Gasteiger partial charge in [0.2, 0.25) is 0 Å². The van der Waals surface area contributed by atoms with Gasteiger partial charge in [0.15, 0.2) is 5.78 Å². The van der Waals surface area contributed by atoms with Gasteiger partial charge in [-0.05, 0) is 33.1 Å². The van der Waals surface area contributed by atoms with Crippen LogP contribution in [0.2, 0.25) is 0 Å². The lowest BCUT2D eigenvalue weighted by Crippen LogP contribution is -2.38. The van der Waals surface area contributed by atoms with E-state index in [9.17, 15) is 9.59 Å². The average Bonchev–Trinajstić information content (AvgIpc) is 2.48. The largest absolute Gasteiger partial charge is 0.465 e. The maximum absolute atomic E-state index is 11.7. The molecule has 1 fully saturated rings. The van der Waals surface area contributed by atoms with Gasteiger partial charge in [0, 0.05) is 0 Å². The van der Waals surface area contributed by atoms with Gasteiger partial charge in [-0.15, -0.1) is 0 Å². The molecule has 0 aromatic carbocycles. The highest BCUT2D eigenvalue weighted by atomic mass is 16.5. The molecule has 1 aliphatic rings. The number of Topliss-reactive ketones (excluding diaryl/α,β-unsaturated/α-hetero) is 1. The summed E-state index contributed by atoms with van der Waals surface area (Å²) in [5.74, 6) is -0.562. The minimum Gasteiger partial charge on any atom is -0.465 e. The molecule has 0 aliphatic heterocycles. The lowest BCUT2D eigenvalue weighted by atomic mass is 9.79. The summed E-state index contributed by atoms with van der Waals surface area (Å²) in [6.45, 7) is 7.29. The summed E-state index contributed by atoms with van der Waals surface area (Å²) in [6, 6.07) is 0. The van der Waals surface area contributed by atoms with Gasteiger partial charge in [0.05, 0.1) is 6.61 Å². The van der Waals surface area contributed by atoms with Gasteiger partial charge in [-0.3, -0.25) is 9.59 Å². The molecule has 0 aromatic rings. The molecule has 1 saturated carbocycles. The van der Waals surface area contributed by atoms with Gasteiger partial charge in [-0.2, -0.15) is 0 Å². The van der Waals surface area contributed by atoms with Crippen LogP contribution in [0.1, 0.15) is 33.1 Å². The van der Waals surface area contributed by atoms with E-state index in [1.807, 2.05) is 0 Å². The van der Waals surface area contributed by atoms with Crippen molar-refractivity contribution in [3.8, 4) is 0 Å². The van der Waals surface area contributed by atoms with Gasteiger partial charge in [0.25, 0.3) is 0 Å². The van der Waals surface area contributed by atoms with E-state index in [1.54, 1.807) is 6.92 Å². The van der Waals surface area contributed by atoms with Crippen LogP contribution in [0.3, 0.4) is 0 Å². The standard InChI is InChI=1S/C11H16O3/c1-4-14-10(13)11(9(3)12)7-5-6-8(11)2/h2,4-7H2,1,3H3/t11-/m1/s1. The Morgan fingerprint density at radius 3 is 2.57 bits per heavy atom. The Kier molecular flexibility index (Phi) is 3.09. The Hall–Kier alpha value is -1.12. The minimum absolute atomic E-state index is 0.140. The quantitative estimate of drug-likeness (QED) is 0.393. The van der Waals surface area contributed by atoms with Crippen molar-refractivity contribution in [2.24, 2.45) is 5.41 Å². The van der Waals surface area contributed by atoms with Gasteiger partial charge in [-0.25, -0.2) is 0 Å². The molecule has 0 unspecified atom stereocenters. The van der Waals surface area contributed by atoms with Crippen LogP contribution in [-0.2, 0) is 14.3 Å². The lowest BCUT2D eigenvalue weighted by Gasteiger charge is -2.24. The highest BCUT2D eigenvalue weighted by molar-refractivity contribution is 6.06. The number of hydrogen-bond donors (Lipinski definition) is 0. The van der Waals surface area contributed by atoms with E-state index in [1.165, 1.54) is 6.92 Å². The van der Waals surface area contributed by atoms with Gasteiger partial charge >= 0.3 is 5.97 Å². The number of esters is 1. The van der Waals surface area contributed by atoms with Crippen LogP contribution in [-0.4, -0.2) is 18.4 Å². The third kappa shape index (κ3) is 1.47. The first-order valence-corrected chi connectivity index (χ1v) is 4.92. The minimum atomic E-state index is -1.03. The van der Waals surface area contributed by atoms with Crippen LogP contribution in [0.4, 0.5) is 0 Å². The Bertz CT molecular complexity index is 280. The fraction of sp³-hybridized carbons (Fsp3) is 0.636. The van der Waals surface area contributed by atoms with Crippen LogP contribution >= 0.6 is 0 Å². The van der Waals surface area contributed by atoms with Crippen molar-refractivity contribution in [1.29, 1.82) is 0 Å². The number of rotatable bonds is 3.